The Labute approximate surface area is 65.9 Å². The van der Waals surface area contributed by atoms with E-state index in [-0.39, 0.29) is 6.61 Å². The summed E-state index contributed by atoms with van der Waals surface area (Å²) in [4.78, 5) is 14.2. The van der Waals surface area contributed by atoms with E-state index in [0.29, 0.717) is 13.2 Å². The molecule has 3 N–H and O–H groups in total. The summed E-state index contributed by atoms with van der Waals surface area (Å²) in [6.45, 7) is 4.45. The van der Waals surface area contributed by atoms with Crippen LogP contribution < -0.4 is 0 Å². The Balaban J connectivity index is 0. The molecular formula is C5H12O5P+. The van der Waals surface area contributed by atoms with E-state index in [0.717, 1.165) is 0 Å². The van der Waals surface area contributed by atoms with Crippen LogP contribution in [0, 0.1) is 0 Å². The predicted molar refractivity (Wildman–Crippen MR) is 40.1 cm³/mol. The third kappa shape index (κ3) is 42.2. The van der Waals surface area contributed by atoms with Crippen LogP contribution in [0.3, 0.4) is 0 Å². The van der Waals surface area contributed by atoms with Gasteiger partial charge in [0.15, 0.2) is 0 Å². The number of aliphatic hydroxyl groups excluding tert-OH is 1. The first kappa shape index (κ1) is 13.3. The summed E-state index contributed by atoms with van der Waals surface area (Å²) in [5, 5.41) is 8.13. The van der Waals surface area contributed by atoms with E-state index in [2.05, 4.69) is 6.58 Å². The predicted octanol–water partition coefficient (Wildman–Crippen LogP) is -0.190. The first-order valence-corrected chi connectivity index (χ1v) is 3.96. The molecule has 0 spiro atoms. The summed E-state index contributed by atoms with van der Waals surface area (Å²) in [7, 11) is -2.87. The van der Waals surface area contributed by atoms with E-state index in [1.165, 1.54) is 0 Å². The molecule has 0 heterocycles. The molecule has 0 aromatic carbocycles. The zero-order chi connectivity index (χ0) is 9.11. The van der Waals surface area contributed by atoms with Crippen LogP contribution in [-0.4, -0.2) is 34.7 Å². The van der Waals surface area contributed by atoms with Gasteiger partial charge in [-0.05, 0) is 0 Å². The molecule has 0 rings (SSSR count). The van der Waals surface area contributed by atoms with Gasteiger partial charge in [0.1, 0.15) is 0 Å². The number of rotatable bonds is 4. The lowest BCUT2D eigenvalue weighted by Gasteiger charge is -1.92. The first-order chi connectivity index (χ1) is 5.15. The summed E-state index contributed by atoms with van der Waals surface area (Å²) in [6, 6.07) is 0. The van der Waals surface area contributed by atoms with Gasteiger partial charge in [0.2, 0.25) is 0 Å². The quantitative estimate of drug-likeness (QED) is 0.319. The van der Waals surface area contributed by atoms with Crippen molar-refractivity contribution in [2.75, 3.05) is 19.8 Å². The summed E-state index contributed by atoms with van der Waals surface area (Å²) >= 11 is 0. The highest BCUT2D eigenvalue weighted by molar-refractivity contribution is 7.30. The largest absolute Gasteiger partial charge is 0.692 e. The zero-order valence-corrected chi connectivity index (χ0v) is 6.91. The minimum atomic E-state index is -2.87. The molecule has 0 aromatic rings. The molecular weight excluding hydrogens is 171 g/mol. The van der Waals surface area contributed by atoms with Gasteiger partial charge in [0.05, 0.1) is 19.8 Å². The third-order valence-electron chi connectivity index (χ3n) is 0.471. The van der Waals surface area contributed by atoms with Gasteiger partial charge in [-0.25, -0.2) is 0 Å². The van der Waals surface area contributed by atoms with Crippen molar-refractivity contribution < 1.29 is 24.2 Å². The molecule has 6 heteroatoms. The number of aliphatic hydroxyl groups is 1. The summed E-state index contributed by atoms with van der Waals surface area (Å²) in [5.74, 6) is 0. The second kappa shape index (κ2) is 12.4. The van der Waals surface area contributed by atoms with Gasteiger partial charge in [-0.1, -0.05) is 6.08 Å². The van der Waals surface area contributed by atoms with E-state index in [1.807, 2.05) is 0 Å². The van der Waals surface area contributed by atoms with E-state index in [9.17, 15) is 0 Å². The number of hydrogen-bond donors (Lipinski definition) is 3. The highest BCUT2D eigenvalue weighted by Crippen LogP contribution is 1.98. The molecule has 0 fully saturated rings. The molecule has 5 nitrogen and oxygen atoms in total. The Morgan fingerprint density at radius 2 is 2.00 bits per heavy atom. The first-order valence-electron chi connectivity index (χ1n) is 2.79. The van der Waals surface area contributed by atoms with Gasteiger partial charge in [-0.2, -0.15) is 0 Å². The van der Waals surface area contributed by atoms with Crippen molar-refractivity contribution >= 4 is 8.25 Å². The van der Waals surface area contributed by atoms with Crippen LogP contribution in [0.5, 0.6) is 0 Å². The normalized spacial score (nSPS) is 7.91. The molecule has 0 unspecified atom stereocenters. The maximum atomic E-state index is 8.70. The summed E-state index contributed by atoms with van der Waals surface area (Å²) < 4.78 is 13.5. The summed E-state index contributed by atoms with van der Waals surface area (Å²) in [6.07, 6.45) is 1.65. The van der Waals surface area contributed by atoms with Crippen molar-refractivity contribution in [2.45, 2.75) is 0 Å². The van der Waals surface area contributed by atoms with Gasteiger partial charge in [0, 0.05) is 4.57 Å². The van der Waals surface area contributed by atoms with Crippen LogP contribution in [-0.2, 0) is 9.30 Å². The maximum absolute atomic E-state index is 8.70. The lowest BCUT2D eigenvalue weighted by Crippen LogP contribution is -1.97. The highest BCUT2D eigenvalue weighted by atomic mass is 31.1. The van der Waals surface area contributed by atoms with Crippen molar-refractivity contribution in [3.63, 3.8) is 0 Å². The van der Waals surface area contributed by atoms with Crippen LogP contribution in [0.1, 0.15) is 0 Å². The molecule has 0 atom stereocenters. The van der Waals surface area contributed by atoms with Crippen LogP contribution in [0.15, 0.2) is 12.7 Å². The number of hydrogen-bond acceptors (Lipinski definition) is 3. The minimum Gasteiger partial charge on any atom is -0.394 e. The average molecular weight is 183 g/mol. The van der Waals surface area contributed by atoms with Gasteiger partial charge in [-0.15, -0.1) is 16.4 Å². The van der Waals surface area contributed by atoms with Crippen molar-refractivity contribution in [2.24, 2.45) is 0 Å². The van der Waals surface area contributed by atoms with E-state index in [1.54, 1.807) is 6.08 Å². The molecule has 11 heavy (non-hydrogen) atoms. The second-order valence-corrected chi connectivity index (χ2v) is 1.85. The van der Waals surface area contributed by atoms with Gasteiger partial charge in [0.25, 0.3) is 0 Å². The number of ether oxygens (including phenoxy) is 1. The fourth-order valence-electron chi connectivity index (χ4n) is 0.231. The van der Waals surface area contributed by atoms with Crippen molar-refractivity contribution in [3.8, 4) is 0 Å². The van der Waals surface area contributed by atoms with Crippen LogP contribution in [0.4, 0.5) is 0 Å². The third-order valence-corrected chi connectivity index (χ3v) is 0.471. The Kier molecular flexibility index (Phi) is 14.9. The van der Waals surface area contributed by atoms with E-state index < -0.39 is 8.25 Å². The molecule has 0 aliphatic heterocycles. The second-order valence-electron chi connectivity index (χ2n) is 1.34. The lowest BCUT2D eigenvalue weighted by atomic mass is 10.7. The van der Waals surface area contributed by atoms with Crippen molar-refractivity contribution in [1.29, 1.82) is 0 Å². The van der Waals surface area contributed by atoms with Gasteiger partial charge >= 0.3 is 8.25 Å². The topological polar surface area (TPSA) is 87.0 Å². The Morgan fingerprint density at radius 1 is 1.55 bits per heavy atom. The Hall–Kier alpha value is -0.320. The highest BCUT2D eigenvalue weighted by Gasteiger charge is 1.93. The molecule has 0 aromatic heterocycles. The molecule has 0 saturated carbocycles. The summed E-state index contributed by atoms with van der Waals surface area (Å²) in [5.41, 5.74) is 0. The average Bonchev–Trinajstić information content (AvgIpc) is 1.88. The molecule has 0 aliphatic rings. The minimum absolute atomic E-state index is 0.0911. The maximum Gasteiger partial charge on any atom is 0.692 e. The van der Waals surface area contributed by atoms with Crippen LogP contribution in [0.2, 0.25) is 0 Å². The smallest absolute Gasteiger partial charge is 0.394 e. The lowest BCUT2D eigenvalue weighted by molar-refractivity contribution is 0.112. The van der Waals surface area contributed by atoms with E-state index >= 15 is 0 Å². The molecule has 0 aliphatic carbocycles. The fourth-order valence-corrected chi connectivity index (χ4v) is 0.231. The Bertz CT molecular complexity index is 101. The van der Waals surface area contributed by atoms with Crippen LogP contribution in [0.25, 0.3) is 0 Å². The molecule has 0 bridgehead atoms. The van der Waals surface area contributed by atoms with Gasteiger partial charge < -0.3 is 9.84 Å². The zero-order valence-electron chi connectivity index (χ0n) is 6.01. The van der Waals surface area contributed by atoms with E-state index in [4.69, 9.17) is 24.2 Å². The molecule has 0 radical (unpaired) electrons. The fraction of sp³-hybridized carbons (Fsp3) is 0.600. The molecule has 66 valence electrons. The Morgan fingerprint density at radius 3 is 2.27 bits per heavy atom. The SMILES string of the molecule is C=CCOCCO.O=[P+](O)O. The standard InChI is InChI=1S/C5H10O2.HO3P/c1-2-4-7-5-3-6;1-4(2)3/h2,6H,1,3-5H2;(H-,1,2,3)/p+1. The van der Waals surface area contributed by atoms with Crippen LogP contribution >= 0.6 is 8.25 Å². The van der Waals surface area contributed by atoms with Gasteiger partial charge in [-0.3, -0.25) is 0 Å². The molecule has 0 saturated heterocycles. The molecule has 0 amide bonds. The van der Waals surface area contributed by atoms with Crippen molar-refractivity contribution in [3.05, 3.63) is 12.7 Å². The van der Waals surface area contributed by atoms with Crippen molar-refractivity contribution in [1.82, 2.24) is 0 Å². The monoisotopic (exact) mass is 183 g/mol.